The number of allylic oxidation sites excluding steroid dienone is 2. The number of hydrogen-bond donors (Lipinski definition) is 9. The molecule has 4 saturated carbocycles. The van der Waals surface area contributed by atoms with Crippen LogP contribution in [0.1, 0.15) is 113 Å². The second kappa shape index (κ2) is 15.7. The van der Waals surface area contributed by atoms with Crippen LogP contribution in [0.25, 0.3) is 0 Å². The first-order chi connectivity index (χ1) is 25.6. The number of ether oxygens (including phenoxy) is 4. The summed E-state index contributed by atoms with van der Waals surface area (Å²) in [5.74, 6) is 0.389. The molecule has 318 valence electrons. The van der Waals surface area contributed by atoms with Gasteiger partial charge in [-0.1, -0.05) is 46.3 Å². The zero-order valence-corrected chi connectivity index (χ0v) is 34.3. The lowest BCUT2D eigenvalue weighted by Gasteiger charge is -2.70. The quantitative estimate of drug-likeness (QED) is 0.145. The van der Waals surface area contributed by atoms with E-state index in [1.54, 1.807) is 0 Å². The zero-order chi connectivity index (χ0) is 40.6. The van der Waals surface area contributed by atoms with E-state index in [2.05, 4.69) is 40.7 Å². The summed E-state index contributed by atoms with van der Waals surface area (Å²) in [4.78, 5) is 0. The Labute approximate surface area is 327 Å². The van der Waals surface area contributed by atoms with Crippen LogP contribution in [0.15, 0.2) is 11.6 Å². The molecular weight excluding hydrogens is 712 g/mol. The minimum absolute atomic E-state index is 0.0181. The Balaban J connectivity index is 1.25. The van der Waals surface area contributed by atoms with Crippen molar-refractivity contribution in [1.82, 2.24) is 0 Å². The first-order valence-electron chi connectivity index (χ1n) is 20.9. The molecule has 2 saturated heterocycles. The normalized spacial score (nSPS) is 52.0. The highest BCUT2D eigenvalue weighted by Gasteiger charge is 2.71. The second-order valence-corrected chi connectivity index (χ2v) is 20.1. The van der Waals surface area contributed by atoms with Gasteiger partial charge in [-0.05, 0) is 124 Å². The van der Waals surface area contributed by atoms with Crippen molar-refractivity contribution in [2.24, 2.45) is 45.3 Å². The van der Waals surface area contributed by atoms with Crippen molar-refractivity contribution in [3.8, 4) is 0 Å². The van der Waals surface area contributed by atoms with E-state index in [1.165, 1.54) is 0 Å². The van der Waals surface area contributed by atoms with E-state index in [-0.39, 0.29) is 45.5 Å². The Morgan fingerprint density at radius 3 is 1.96 bits per heavy atom. The topological polar surface area (TPSA) is 219 Å². The van der Waals surface area contributed by atoms with Crippen molar-refractivity contribution in [3.63, 3.8) is 0 Å². The van der Waals surface area contributed by atoms with Crippen molar-refractivity contribution in [2.45, 2.75) is 192 Å². The summed E-state index contributed by atoms with van der Waals surface area (Å²) in [5.41, 5.74) is -0.301. The monoisotopic (exact) mass is 784 g/mol. The van der Waals surface area contributed by atoms with Crippen molar-refractivity contribution >= 4 is 0 Å². The molecule has 55 heavy (non-hydrogen) atoms. The molecule has 13 nitrogen and oxygen atoms in total. The Bertz CT molecular complexity index is 1370. The average Bonchev–Trinajstić information content (AvgIpc) is 3.51. The SMILES string of the molecule is CC(C)=CCCC(C)(O[C@@H]1O[C@H](CO[C@@H]2O[C@H](CO)[C@@H](O)[C@H](O)[C@H]2O)[C@@H](O)[C@H](O)[C@H]1O)C1CCC2(C)C1C(O)CC1C3(C)CCC(O)C(C)(C)C3CCC12C. The predicted octanol–water partition coefficient (Wildman–Crippen LogP) is 2.15. The van der Waals surface area contributed by atoms with Crippen LogP contribution in [0.5, 0.6) is 0 Å². The van der Waals surface area contributed by atoms with Crippen LogP contribution in [0, 0.1) is 45.3 Å². The minimum Gasteiger partial charge on any atom is -0.394 e. The summed E-state index contributed by atoms with van der Waals surface area (Å²) >= 11 is 0. The van der Waals surface area contributed by atoms with E-state index in [1.807, 2.05) is 20.8 Å². The predicted molar refractivity (Wildman–Crippen MR) is 201 cm³/mol. The summed E-state index contributed by atoms with van der Waals surface area (Å²) in [6, 6.07) is 0. The van der Waals surface area contributed by atoms with Crippen molar-refractivity contribution < 1.29 is 64.9 Å². The van der Waals surface area contributed by atoms with E-state index in [0.717, 1.165) is 44.1 Å². The van der Waals surface area contributed by atoms with Gasteiger partial charge in [0.25, 0.3) is 0 Å². The lowest BCUT2D eigenvalue weighted by Crippen LogP contribution is -2.67. The third kappa shape index (κ3) is 7.20. The fourth-order valence-electron chi connectivity index (χ4n) is 13.2. The first-order valence-corrected chi connectivity index (χ1v) is 20.9. The van der Waals surface area contributed by atoms with Crippen molar-refractivity contribution in [2.75, 3.05) is 13.2 Å². The maximum atomic E-state index is 12.4. The Morgan fingerprint density at radius 1 is 0.727 bits per heavy atom. The number of fused-ring (bicyclic) bond motifs is 5. The smallest absolute Gasteiger partial charge is 0.187 e. The molecule has 0 aromatic heterocycles. The lowest BCUT2D eigenvalue weighted by atomic mass is 9.35. The molecule has 2 heterocycles. The maximum Gasteiger partial charge on any atom is 0.187 e. The van der Waals surface area contributed by atoms with Crippen LogP contribution >= 0.6 is 0 Å². The van der Waals surface area contributed by atoms with Gasteiger partial charge in [-0.15, -0.1) is 0 Å². The van der Waals surface area contributed by atoms with Gasteiger partial charge in [0.2, 0.25) is 0 Å². The zero-order valence-electron chi connectivity index (χ0n) is 34.3. The van der Waals surface area contributed by atoms with E-state index in [4.69, 9.17) is 18.9 Å². The molecule has 4 aliphatic carbocycles. The molecule has 9 N–H and O–H groups in total. The number of rotatable bonds is 10. The van der Waals surface area contributed by atoms with Gasteiger partial charge >= 0.3 is 0 Å². The number of aliphatic hydroxyl groups is 9. The number of hydrogen-bond acceptors (Lipinski definition) is 13. The molecular formula is C42H72O13. The van der Waals surface area contributed by atoms with Gasteiger partial charge in [0.05, 0.1) is 31.0 Å². The molecule has 20 atom stereocenters. The first kappa shape index (κ1) is 43.8. The van der Waals surface area contributed by atoms with Gasteiger partial charge in [-0.3, -0.25) is 0 Å². The summed E-state index contributed by atoms with van der Waals surface area (Å²) in [7, 11) is 0. The highest BCUT2D eigenvalue weighted by Crippen LogP contribution is 2.76. The van der Waals surface area contributed by atoms with Crippen LogP contribution in [-0.4, -0.2) is 138 Å². The molecule has 13 heteroatoms. The van der Waals surface area contributed by atoms with Gasteiger partial charge in [0.15, 0.2) is 12.6 Å². The summed E-state index contributed by atoms with van der Waals surface area (Å²) in [6.45, 7) is 16.7. The fourth-order valence-corrected chi connectivity index (χ4v) is 13.2. The molecule has 2 aliphatic heterocycles. The molecule has 10 unspecified atom stereocenters. The highest BCUT2D eigenvalue weighted by molar-refractivity contribution is 5.20. The lowest BCUT2D eigenvalue weighted by molar-refractivity contribution is -0.349. The molecule has 0 amide bonds. The average molecular weight is 785 g/mol. The van der Waals surface area contributed by atoms with Crippen LogP contribution < -0.4 is 0 Å². The van der Waals surface area contributed by atoms with E-state index < -0.39 is 86.3 Å². The molecule has 0 spiro atoms. The standard InChI is InChI=1S/C42H72O13/c1-21(2)10-9-14-42(8,55-37-35(51)33(49)31(47)25(54-37)20-52-36-34(50)32(48)30(46)24(19-43)53-36)22-11-16-41(7)29(22)23(44)18-27-39(5)15-13-28(45)38(3,4)26(39)12-17-40(27,41)6/h10,22-37,43-51H,9,11-20H2,1-8H3/t22?,23?,24-,25-,26?,27?,28?,29?,30-,31-,32+,33+,34-,35-,36-,37+,39?,40?,41?,42?/m1/s1. The Kier molecular flexibility index (Phi) is 12.5. The fraction of sp³-hybridized carbons (Fsp3) is 0.952. The van der Waals surface area contributed by atoms with Gasteiger partial charge in [-0.25, -0.2) is 0 Å². The molecule has 0 aromatic rings. The Morgan fingerprint density at radius 2 is 1.33 bits per heavy atom. The largest absolute Gasteiger partial charge is 0.394 e. The van der Waals surface area contributed by atoms with Crippen LogP contribution in [-0.2, 0) is 18.9 Å². The highest BCUT2D eigenvalue weighted by atomic mass is 16.7. The summed E-state index contributed by atoms with van der Waals surface area (Å²) in [6.07, 6.45) is -6.62. The van der Waals surface area contributed by atoms with Crippen molar-refractivity contribution in [3.05, 3.63) is 11.6 Å². The molecule has 0 radical (unpaired) electrons. The van der Waals surface area contributed by atoms with Gasteiger partial charge in [0, 0.05) is 0 Å². The minimum atomic E-state index is -1.67. The molecule has 0 aromatic carbocycles. The van der Waals surface area contributed by atoms with Crippen LogP contribution in [0.2, 0.25) is 0 Å². The third-order valence-electron chi connectivity index (χ3n) is 16.7. The molecule has 6 aliphatic rings. The number of aliphatic hydroxyl groups excluding tert-OH is 9. The van der Waals surface area contributed by atoms with Crippen LogP contribution in [0.4, 0.5) is 0 Å². The maximum absolute atomic E-state index is 12.4. The second-order valence-electron chi connectivity index (χ2n) is 20.1. The van der Waals surface area contributed by atoms with E-state index in [0.29, 0.717) is 25.2 Å². The van der Waals surface area contributed by atoms with Gasteiger partial charge in [0.1, 0.15) is 48.8 Å². The van der Waals surface area contributed by atoms with Gasteiger partial charge < -0.3 is 64.9 Å². The Hall–Kier alpha value is -0.780. The third-order valence-corrected chi connectivity index (χ3v) is 16.7. The van der Waals surface area contributed by atoms with Crippen LogP contribution in [0.3, 0.4) is 0 Å². The molecule has 0 bridgehead atoms. The van der Waals surface area contributed by atoms with E-state index >= 15 is 0 Å². The van der Waals surface area contributed by atoms with Gasteiger partial charge in [-0.2, -0.15) is 0 Å². The van der Waals surface area contributed by atoms with E-state index in [9.17, 15) is 46.0 Å². The van der Waals surface area contributed by atoms with Crippen molar-refractivity contribution in [1.29, 1.82) is 0 Å². The molecule has 6 fully saturated rings. The summed E-state index contributed by atoms with van der Waals surface area (Å²) < 4.78 is 24.2. The molecule has 6 rings (SSSR count). The summed E-state index contributed by atoms with van der Waals surface area (Å²) in [5, 5.41) is 97.4.